The fraction of sp³-hybridized carbons (Fsp3) is 0.263. The van der Waals surface area contributed by atoms with Gasteiger partial charge in [-0.1, -0.05) is 18.2 Å². The van der Waals surface area contributed by atoms with Gasteiger partial charge in [0.25, 0.3) is 0 Å². The van der Waals surface area contributed by atoms with E-state index in [-0.39, 0.29) is 35.5 Å². The van der Waals surface area contributed by atoms with Crippen molar-refractivity contribution < 1.29 is 17.6 Å². The molecule has 2 aromatic carbocycles. The Morgan fingerprint density at radius 1 is 1.22 bits per heavy atom. The minimum atomic E-state index is -3.91. The summed E-state index contributed by atoms with van der Waals surface area (Å²) >= 11 is 0. The Kier molecular flexibility index (Phi) is 5.54. The minimum absolute atomic E-state index is 0.00739. The SMILES string of the molecule is N#Cc1cccc(S(=O)(=O)N(Cc2ccc(F)cc2)C[C@H]2CCC(=O)N2)c1. The number of halogens is 1. The van der Waals surface area contributed by atoms with Crippen LogP contribution in [0, 0.1) is 17.1 Å². The third kappa shape index (κ3) is 4.51. The normalized spacial score (nSPS) is 16.9. The topological polar surface area (TPSA) is 90.3 Å². The van der Waals surface area contributed by atoms with Gasteiger partial charge in [-0.2, -0.15) is 9.57 Å². The number of carbonyl (C=O) groups is 1. The summed E-state index contributed by atoms with van der Waals surface area (Å²) in [5.74, 6) is -0.511. The third-order valence-corrected chi connectivity index (χ3v) is 6.19. The predicted octanol–water partition coefficient (Wildman–Crippen LogP) is 2.17. The van der Waals surface area contributed by atoms with Gasteiger partial charge in [0.15, 0.2) is 0 Å². The maximum Gasteiger partial charge on any atom is 0.243 e. The third-order valence-electron chi connectivity index (χ3n) is 4.38. The number of sulfonamides is 1. The lowest BCUT2D eigenvalue weighted by molar-refractivity contribution is -0.119. The lowest BCUT2D eigenvalue weighted by Gasteiger charge is -2.25. The predicted molar refractivity (Wildman–Crippen MR) is 96.3 cm³/mol. The number of hydrogen-bond acceptors (Lipinski definition) is 4. The van der Waals surface area contributed by atoms with Gasteiger partial charge in [-0.25, -0.2) is 12.8 Å². The summed E-state index contributed by atoms with van der Waals surface area (Å²) in [5.41, 5.74) is 0.868. The van der Waals surface area contributed by atoms with E-state index in [0.29, 0.717) is 18.4 Å². The van der Waals surface area contributed by atoms with Crippen molar-refractivity contribution in [3.8, 4) is 6.07 Å². The number of benzene rings is 2. The van der Waals surface area contributed by atoms with E-state index in [0.717, 1.165) is 0 Å². The van der Waals surface area contributed by atoms with Crippen molar-refractivity contribution >= 4 is 15.9 Å². The number of nitrogens with one attached hydrogen (secondary N) is 1. The minimum Gasteiger partial charge on any atom is -0.352 e. The monoisotopic (exact) mass is 387 g/mol. The van der Waals surface area contributed by atoms with E-state index in [9.17, 15) is 17.6 Å². The molecule has 2 aromatic rings. The first kappa shape index (κ1) is 19.0. The molecular weight excluding hydrogens is 369 g/mol. The van der Waals surface area contributed by atoms with E-state index < -0.39 is 15.8 Å². The molecule has 0 saturated carbocycles. The van der Waals surface area contributed by atoms with Crippen LogP contribution in [-0.2, 0) is 21.4 Å². The Balaban J connectivity index is 1.92. The van der Waals surface area contributed by atoms with E-state index in [1.165, 1.54) is 52.8 Å². The van der Waals surface area contributed by atoms with E-state index >= 15 is 0 Å². The summed E-state index contributed by atoms with van der Waals surface area (Å²) in [7, 11) is -3.91. The van der Waals surface area contributed by atoms with Crippen molar-refractivity contribution in [1.82, 2.24) is 9.62 Å². The van der Waals surface area contributed by atoms with E-state index in [2.05, 4.69) is 5.32 Å². The van der Waals surface area contributed by atoms with Gasteiger partial charge in [0, 0.05) is 25.6 Å². The van der Waals surface area contributed by atoms with Gasteiger partial charge in [0.05, 0.1) is 16.5 Å². The number of nitriles is 1. The van der Waals surface area contributed by atoms with Crippen LogP contribution in [0.15, 0.2) is 53.4 Å². The van der Waals surface area contributed by atoms with Crippen LogP contribution >= 0.6 is 0 Å². The molecular formula is C19H18FN3O3S. The average Bonchev–Trinajstić information content (AvgIpc) is 3.08. The van der Waals surface area contributed by atoms with E-state index in [1.807, 2.05) is 6.07 Å². The zero-order valence-electron chi connectivity index (χ0n) is 14.4. The number of nitrogens with zero attached hydrogens (tertiary/aromatic N) is 2. The molecule has 0 aliphatic carbocycles. The molecule has 3 rings (SSSR count). The Morgan fingerprint density at radius 2 is 1.96 bits per heavy atom. The molecule has 140 valence electrons. The largest absolute Gasteiger partial charge is 0.352 e. The Labute approximate surface area is 157 Å². The van der Waals surface area contributed by atoms with Gasteiger partial charge in [-0.15, -0.1) is 0 Å². The van der Waals surface area contributed by atoms with Crippen LogP contribution in [0.2, 0.25) is 0 Å². The second kappa shape index (κ2) is 7.86. The van der Waals surface area contributed by atoms with E-state index in [4.69, 9.17) is 5.26 Å². The molecule has 1 saturated heterocycles. The zero-order chi connectivity index (χ0) is 19.4. The highest BCUT2D eigenvalue weighted by atomic mass is 32.2. The zero-order valence-corrected chi connectivity index (χ0v) is 15.2. The van der Waals surface area contributed by atoms with Crippen LogP contribution in [0.4, 0.5) is 4.39 Å². The van der Waals surface area contributed by atoms with Crippen LogP contribution in [0.25, 0.3) is 0 Å². The summed E-state index contributed by atoms with van der Waals surface area (Å²) in [6.45, 7) is 0.133. The summed E-state index contributed by atoms with van der Waals surface area (Å²) in [6.07, 6.45) is 0.908. The van der Waals surface area contributed by atoms with Crippen LogP contribution in [0.5, 0.6) is 0 Å². The average molecular weight is 387 g/mol. The molecule has 1 N–H and O–H groups in total. The molecule has 1 fully saturated rings. The maximum absolute atomic E-state index is 13.2. The van der Waals surface area contributed by atoms with Gasteiger partial charge in [0.2, 0.25) is 15.9 Å². The first-order valence-electron chi connectivity index (χ1n) is 8.42. The fourth-order valence-electron chi connectivity index (χ4n) is 2.98. The molecule has 27 heavy (non-hydrogen) atoms. The molecule has 1 atom stereocenters. The first-order valence-corrected chi connectivity index (χ1v) is 9.86. The molecule has 6 nitrogen and oxygen atoms in total. The van der Waals surface area contributed by atoms with Crippen molar-refractivity contribution in [2.24, 2.45) is 0 Å². The summed E-state index contributed by atoms with van der Waals surface area (Å²) in [5, 5.41) is 11.8. The molecule has 0 unspecified atom stereocenters. The molecule has 1 amide bonds. The number of hydrogen-bond donors (Lipinski definition) is 1. The highest BCUT2D eigenvalue weighted by Gasteiger charge is 2.30. The van der Waals surface area contributed by atoms with Crippen molar-refractivity contribution in [3.05, 3.63) is 65.5 Å². The van der Waals surface area contributed by atoms with Gasteiger partial charge >= 0.3 is 0 Å². The maximum atomic E-state index is 13.2. The quantitative estimate of drug-likeness (QED) is 0.822. The molecule has 1 aliphatic rings. The molecule has 8 heteroatoms. The van der Waals surface area contributed by atoms with Crippen molar-refractivity contribution in [2.45, 2.75) is 30.3 Å². The Hall–Kier alpha value is -2.76. The first-order chi connectivity index (χ1) is 12.9. The summed E-state index contributed by atoms with van der Waals surface area (Å²) in [4.78, 5) is 11.5. The Morgan fingerprint density at radius 3 is 2.59 bits per heavy atom. The summed E-state index contributed by atoms with van der Waals surface area (Å²) < 4.78 is 40.8. The highest BCUT2D eigenvalue weighted by molar-refractivity contribution is 7.89. The summed E-state index contributed by atoms with van der Waals surface area (Å²) in [6, 6.07) is 13.0. The van der Waals surface area contributed by atoms with Crippen molar-refractivity contribution in [3.63, 3.8) is 0 Å². The second-order valence-electron chi connectivity index (χ2n) is 6.37. The fourth-order valence-corrected chi connectivity index (χ4v) is 4.50. The molecule has 0 aromatic heterocycles. The van der Waals surface area contributed by atoms with Crippen LogP contribution < -0.4 is 5.32 Å². The number of carbonyl (C=O) groups excluding carboxylic acids is 1. The van der Waals surface area contributed by atoms with Gasteiger partial charge < -0.3 is 5.32 Å². The molecule has 1 aliphatic heterocycles. The van der Waals surface area contributed by atoms with Gasteiger partial charge in [-0.05, 0) is 42.3 Å². The smallest absolute Gasteiger partial charge is 0.243 e. The van der Waals surface area contributed by atoms with Gasteiger partial charge in [-0.3, -0.25) is 4.79 Å². The van der Waals surface area contributed by atoms with Crippen LogP contribution in [-0.4, -0.2) is 31.2 Å². The molecule has 1 heterocycles. The van der Waals surface area contributed by atoms with Crippen molar-refractivity contribution in [1.29, 1.82) is 5.26 Å². The van der Waals surface area contributed by atoms with Crippen LogP contribution in [0.3, 0.4) is 0 Å². The molecule has 0 radical (unpaired) electrons. The van der Waals surface area contributed by atoms with Gasteiger partial charge in [0.1, 0.15) is 5.82 Å². The van der Waals surface area contributed by atoms with Crippen molar-refractivity contribution in [2.75, 3.05) is 6.54 Å². The second-order valence-corrected chi connectivity index (χ2v) is 8.30. The highest BCUT2D eigenvalue weighted by Crippen LogP contribution is 2.22. The lowest BCUT2D eigenvalue weighted by atomic mass is 10.2. The molecule has 0 spiro atoms. The Bertz CT molecular complexity index is 984. The molecule has 0 bridgehead atoms. The van der Waals surface area contributed by atoms with Crippen LogP contribution in [0.1, 0.15) is 24.0 Å². The number of amides is 1. The standard InChI is InChI=1S/C19H18FN3O3S/c20-16-6-4-14(5-7-16)12-23(13-17-8-9-19(24)22-17)27(25,26)18-3-1-2-15(10-18)11-21/h1-7,10,17H,8-9,12-13H2,(H,22,24)/t17-/m1/s1. The van der Waals surface area contributed by atoms with E-state index in [1.54, 1.807) is 0 Å². The lowest BCUT2D eigenvalue weighted by Crippen LogP contribution is -2.41. The number of rotatable bonds is 6.